The number of fused-ring (bicyclic) bond motifs is 1. The summed E-state index contributed by atoms with van der Waals surface area (Å²) in [5.74, 6) is 2.09. The molecule has 0 saturated heterocycles. The minimum Gasteiger partial charge on any atom is -0.497 e. The lowest BCUT2D eigenvalue weighted by atomic mass is 9.84. The number of benzene rings is 2. The lowest BCUT2D eigenvalue weighted by Crippen LogP contribution is -2.18. The monoisotopic (exact) mass is 269 g/mol. The molecular formula is C17H19NO2. The van der Waals surface area contributed by atoms with Crippen molar-refractivity contribution in [2.24, 2.45) is 0 Å². The van der Waals surface area contributed by atoms with Crippen LogP contribution in [0.25, 0.3) is 0 Å². The molecule has 104 valence electrons. The first-order valence-electron chi connectivity index (χ1n) is 6.88. The normalized spacial score (nSPS) is 17.0. The molecule has 0 bridgehead atoms. The van der Waals surface area contributed by atoms with Gasteiger partial charge in [0.15, 0.2) is 0 Å². The van der Waals surface area contributed by atoms with Crippen molar-refractivity contribution >= 4 is 5.69 Å². The lowest BCUT2D eigenvalue weighted by molar-refractivity contribution is 0.389. The van der Waals surface area contributed by atoms with Gasteiger partial charge in [-0.15, -0.1) is 0 Å². The van der Waals surface area contributed by atoms with E-state index in [0.717, 1.165) is 24.5 Å². The molecule has 0 spiro atoms. The van der Waals surface area contributed by atoms with Gasteiger partial charge in [-0.3, -0.25) is 0 Å². The van der Waals surface area contributed by atoms with Gasteiger partial charge >= 0.3 is 0 Å². The second kappa shape index (κ2) is 5.45. The average molecular weight is 269 g/mol. The molecule has 3 rings (SSSR count). The lowest BCUT2D eigenvalue weighted by Gasteiger charge is -2.28. The predicted octanol–water partition coefficient (Wildman–Crippen LogP) is 3.65. The van der Waals surface area contributed by atoms with Crippen LogP contribution >= 0.6 is 0 Å². The predicted molar refractivity (Wildman–Crippen MR) is 80.9 cm³/mol. The van der Waals surface area contributed by atoms with Crippen molar-refractivity contribution in [3.63, 3.8) is 0 Å². The molecule has 3 nitrogen and oxygen atoms in total. The number of hydrogen-bond donors (Lipinski definition) is 1. The average Bonchev–Trinajstić information content (AvgIpc) is 2.53. The Kier molecular flexibility index (Phi) is 3.50. The van der Waals surface area contributed by atoms with Crippen molar-refractivity contribution in [3.8, 4) is 11.5 Å². The first-order valence-corrected chi connectivity index (χ1v) is 6.88. The van der Waals surface area contributed by atoms with Crippen LogP contribution in [0.15, 0.2) is 42.5 Å². The molecule has 20 heavy (non-hydrogen) atoms. The zero-order valence-electron chi connectivity index (χ0n) is 11.8. The highest BCUT2D eigenvalue weighted by molar-refractivity contribution is 5.59. The highest BCUT2D eigenvalue weighted by atomic mass is 16.5. The zero-order chi connectivity index (χ0) is 13.9. The molecule has 1 N–H and O–H groups in total. The third-order valence-corrected chi connectivity index (χ3v) is 3.90. The first kappa shape index (κ1) is 12.9. The number of hydrogen-bond acceptors (Lipinski definition) is 3. The molecule has 1 aliphatic rings. The number of para-hydroxylation sites is 1. The van der Waals surface area contributed by atoms with Crippen LogP contribution in [0.5, 0.6) is 11.5 Å². The van der Waals surface area contributed by atoms with Gasteiger partial charge in [0, 0.05) is 29.8 Å². The topological polar surface area (TPSA) is 30.5 Å². The highest BCUT2D eigenvalue weighted by Crippen LogP contribution is 2.41. The van der Waals surface area contributed by atoms with Crippen molar-refractivity contribution in [1.82, 2.24) is 0 Å². The largest absolute Gasteiger partial charge is 0.497 e. The SMILES string of the molecule is COc1ccc(C2CCNc3ccccc32)c(OC)c1. The standard InChI is InChI=1S/C17H19NO2/c1-19-12-7-8-15(17(11-12)20-2)13-9-10-18-16-6-4-3-5-14(13)16/h3-8,11,13,18H,9-10H2,1-2H3. The van der Waals surface area contributed by atoms with Crippen LogP contribution < -0.4 is 14.8 Å². The summed E-state index contributed by atoms with van der Waals surface area (Å²) >= 11 is 0. The van der Waals surface area contributed by atoms with E-state index in [2.05, 4.69) is 35.6 Å². The smallest absolute Gasteiger partial charge is 0.126 e. The molecule has 2 aromatic carbocycles. The third-order valence-electron chi connectivity index (χ3n) is 3.90. The number of ether oxygens (including phenoxy) is 2. The Bertz CT molecular complexity index is 610. The van der Waals surface area contributed by atoms with Gasteiger partial charge in [0.05, 0.1) is 14.2 Å². The van der Waals surface area contributed by atoms with E-state index in [0.29, 0.717) is 5.92 Å². The molecule has 0 saturated carbocycles. The fraction of sp³-hybridized carbons (Fsp3) is 0.294. The van der Waals surface area contributed by atoms with Crippen LogP contribution in [0.1, 0.15) is 23.5 Å². The van der Waals surface area contributed by atoms with Gasteiger partial charge in [-0.2, -0.15) is 0 Å². The fourth-order valence-corrected chi connectivity index (χ4v) is 2.90. The van der Waals surface area contributed by atoms with Crippen molar-refractivity contribution in [1.29, 1.82) is 0 Å². The molecule has 3 heteroatoms. The van der Waals surface area contributed by atoms with Crippen LogP contribution in [0.4, 0.5) is 5.69 Å². The summed E-state index contributed by atoms with van der Waals surface area (Å²) in [6, 6.07) is 14.6. The van der Waals surface area contributed by atoms with Crippen molar-refractivity contribution in [3.05, 3.63) is 53.6 Å². The molecule has 1 aliphatic heterocycles. The minimum absolute atomic E-state index is 0.369. The van der Waals surface area contributed by atoms with Gasteiger partial charge in [-0.05, 0) is 24.1 Å². The summed E-state index contributed by atoms with van der Waals surface area (Å²) in [5.41, 5.74) is 3.78. The summed E-state index contributed by atoms with van der Waals surface area (Å²) in [6.07, 6.45) is 1.07. The minimum atomic E-state index is 0.369. The number of rotatable bonds is 3. The maximum atomic E-state index is 5.56. The number of anilines is 1. The first-order chi connectivity index (χ1) is 9.83. The second-order valence-electron chi connectivity index (χ2n) is 4.96. The maximum Gasteiger partial charge on any atom is 0.126 e. The molecule has 1 heterocycles. The Morgan fingerprint density at radius 3 is 2.65 bits per heavy atom. The Hall–Kier alpha value is -2.16. The van der Waals surface area contributed by atoms with Crippen molar-refractivity contribution < 1.29 is 9.47 Å². The van der Waals surface area contributed by atoms with E-state index in [-0.39, 0.29) is 0 Å². The van der Waals surface area contributed by atoms with Gasteiger partial charge in [0.2, 0.25) is 0 Å². The third kappa shape index (κ3) is 2.20. The van der Waals surface area contributed by atoms with Crippen LogP contribution in [-0.4, -0.2) is 20.8 Å². The molecule has 1 unspecified atom stereocenters. The Balaban J connectivity index is 2.06. The summed E-state index contributed by atoms with van der Waals surface area (Å²) in [6.45, 7) is 0.983. The van der Waals surface area contributed by atoms with E-state index in [1.54, 1.807) is 14.2 Å². The van der Waals surface area contributed by atoms with Gasteiger partial charge in [-0.1, -0.05) is 24.3 Å². The number of methoxy groups -OCH3 is 2. The van der Waals surface area contributed by atoms with Gasteiger partial charge in [0.1, 0.15) is 11.5 Å². The molecule has 0 fully saturated rings. The summed E-state index contributed by atoms with van der Waals surface area (Å²) in [7, 11) is 3.39. The molecule has 0 amide bonds. The number of nitrogens with one attached hydrogen (secondary N) is 1. The molecule has 1 atom stereocenters. The van der Waals surface area contributed by atoms with Crippen LogP contribution in [-0.2, 0) is 0 Å². The maximum absolute atomic E-state index is 5.56. The molecule has 0 aliphatic carbocycles. The van der Waals surface area contributed by atoms with Crippen LogP contribution in [0.2, 0.25) is 0 Å². The summed E-state index contributed by atoms with van der Waals surface area (Å²) in [5, 5.41) is 3.46. The fourth-order valence-electron chi connectivity index (χ4n) is 2.90. The van der Waals surface area contributed by atoms with E-state index in [9.17, 15) is 0 Å². The Labute approximate surface area is 119 Å². The van der Waals surface area contributed by atoms with E-state index in [1.165, 1.54) is 16.8 Å². The van der Waals surface area contributed by atoms with Crippen LogP contribution in [0, 0.1) is 0 Å². The van der Waals surface area contributed by atoms with Crippen molar-refractivity contribution in [2.45, 2.75) is 12.3 Å². The Morgan fingerprint density at radius 2 is 1.85 bits per heavy atom. The highest BCUT2D eigenvalue weighted by Gasteiger charge is 2.24. The summed E-state index contributed by atoms with van der Waals surface area (Å²) < 4.78 is 10.8. The van der Waals surface area contributed by atoms with E-state index in [4.69, 9.17) is 9.47 Å². The van der Waals surface area contributed by atoms with Crippen LogP contribution in [0.3, 0.4) is 0 Å². The van der Waals surface area contributed by atoms with E-state index >= 15 is 0 Å². The van der Waals surface area contributed by atoms with Crippen molar-refractivity contribution in [2.75, 3.05) is 26.1 Å². The quantitative estimate of drug-likeness (QED) is 0.922. The van der Waals surface area contributed by atoms with Gasteiger partial charge in [0.25, 0.3) is 0 Å². The zero-order valence-corrected chi connectivity index (χ0v) is 11.8. The molecule has 0 radical (unpaired) electrons. The second-order valence-corrected chi connectivity index (χ2v) is 4.96. The molecule has 0 aromatic heterocycles. The summed E-state index contributed by atoms with van der Waals surface area (Å²) in [4.78, 5) is 0. The molecule has 2 aromatic rings. The molecular weight excluding hydrogens is 250 g/mol. The van der Waals surface area contributed by atoms with E-state index in [1.807, 2.05) is 12.1 Å². The van der Waals surface area contributed by atoms with E-state index < -0.39 is 0 Å². The van der Waals surface area contributed by atoms with Gasteiger partial charge in [-0.25, -0.2) is 0 Å². The Morgan fingerprint density at radius 1 is 1.00 bits per heavy atom. The van der Waals surface area contributed by atoms with Gasteiger partial charge < -0.3 is 14.8 Å².